The molecule has 3 aromatic rings. The number of hydrogen-bond acceptors (Lipinski definition) is 1. The summed E-state index contributed by atoms with van der Waals surface area (Å²) in [6.45, 7) is 0. The summed E-state index contributed by atoms with van der Waals surface area (Å²) in [6, 6.07) is 21.6. The largest absolute Gasteiger partial charge is 0.673 e. The van der Waals surface area contributed by atoms with Crippen molar-refractivity contribution in [2.75, 3.05) is 0 Å². The van der Waals surface area contributed by atoms with E-state index in [1.807, 2.05) is 22.9 Å². The van der Waals surface area contributed by atoms with Gasteiger partial charge in [-0.2, -0.15) is 0 Å². The number of fused-ring (bicyclic) bond motifs is 1. The van der Waals surface area contributed by atoms with Crippen LogP contribution < -0.4 is 4.57 Å². The number of aryl methyl sites for hydroxylation is 1. The Balaban J connectivity index is 0.000000349. The Labute approximate surface area is 149 Å². The van der Waals surface area contributed by atoms with Gasteiger partial charge in [0.2, 0.25) is 6.33 Å². The van der Waals surface area contributed by atoms with E-state index in [-0.39, 0.29) is 0 Å². The van der Waals surface area contributed by atoms with Crippen molar-refractivity contribution in [3.63, 3.8) is 0 Å². The maximum absolute atomic E-state index is 9.75. The van der Waals surface area contributed by atoms with Crippen LogP contribution in [0, 0.1) is 0 Å². The lowest BCUT2D eigenvalue weighted by atomic mass is 10.0. The van der Waals surface area contributed by atoms with Crippen molar-refractivity contribution in [3.05, 3.63) is 78.4 Å². The van der Waals surface area contributed by atoms with Crippen molar-refractivity contribution in [1.29, 1.82) is 0 Å². The fourth-order valence-electron chi connectivity index (χ4n) is 3.10. The molecule has 0 radical (unpaired) electrons. The molecule has 8 heteroatoms. The normalized spacial score (nSPS) is 15.9. The molecule has 1 aliphatic rings. The molecule has 1 aromatic heterocycles. The van der Waals surface area contributed by atoms with Crippen LogP contribution in [0.1, 0.15) is 23.9 Å². The number of rotatable bonds is 3. The van der Waals surface area contributed by atoms with Gasteiger partial charge in [-0.3, -0.25) is 0 Å². The summed E-state index contributed by atoms with van der Waals surface area (Å²) in [5.74, 6) is 1.19. The first-order valence-electron chi connectivity index (χ1n) is 8.36. The fourth-order valence-corrected chi connectivity index (χ4v) is 3.10. The first-order valence-corrected chi connectivity index (χ1v) is 8.36. The average Bonchev–Trinajstić information content (AvgIpc) is 3.17. The molecule has 1 aliphatic heterocycles. The van der Waals surface area contributed by atoms with E-state index >= 15 is 0 Å². The molecule has 0 spiro atoms. The van der Waals surface area contributed by atoms with Crippen molar-refractivity contribution in [1.82, 2.24) is 9.78 Å². The van der Waals surface area contributed by atoms with E-state index in [0.717, 1.165) is 18.5 Å². The van der Waals surface area contributed by atoms with Crippen LogP contribution in [-0.4, -0.2) is 17.0 Å². The van der Waals surface area contributed by atoms with Gasteiger partial charge in [0.25, 0.3) is 5.82 Å². The fraction of sp³-hybridized carbons (Fsp3) is 0.222. The van der Waals surface area contributed by atoms with Crippen LogP contribution in [0.5, 0.6) is 0 Å². The Kier molecular flexibility index (Phi) is 5.39. The predicted octanol–water partition coefficient (Wildman–Crippen LogP) is 4.19. The summed E-state index contributed by atoms with van der Waals surface area (Å²) in [6.07, 6.45) is 5.48. The molecule has 0 fully saturated rings. The summed E-state index contributed by atoms with van der Waals surface area (Å²) >= 11 is 0. The zero-order valence-electron chi connectivity index (χ0n) is 14.0. The molecule has 136 valence electrons. The van der Waals surface area contributed by atoms with Gasteiger partial charge < -0.3 is 17.3 Å². The minimum absolute atomic E-state index is 0.528. The van der Waals surface area contributed by atoms with Crippen LogP contribution in [0.15, 0.2) is 67.0 Å². The number of aromatic nitrogens is 3. The monoisotopic (exact) mass is 363 g/mol. The molecule has 2 aromatic carbocycles. The SMILES string of the molecule is F[B-](F)(F)F.c1ccc(C[C@@H]2CCc3nn(-c4ccccc4)c[n+]32)cc1. The Bertz CT molecular complexity index is 829. The summed E-state index contributed by atoms with van der Waals surface area (Å²) in [5, 5.41) is 4.73. The zero-order chi connectivity index (χ0) is 18.6. The van der Waals surface area contributed by atoms with Crippen molar-refractivity contribution in [2.24, 2.45) is 0 Å². The highest BCUT2D eigenvalue weighted by Gasteiger charge is 2.31. The van der Waals surface area contributed by atoms with E-state index in [1.54, 1.807) is 0 Å². The van der Waals surface area contributed by atoms with E-state index < -0.39 is 7.25 Å². The smallest absolute Gasteiger partial charge is 0.418 e. The highest BCUT2D eigenvalue weighted by atomic mass is 19.5. The molecule has 0 saturated carbocycles. The molecule has 0 bridgehead atoms. The summed E-state index contributed by atoms with van der Waals surface area (Å²) < 4.78 is 43.3. The molecule has 0 aliphatic carbocycles. The number of halogens is 4. The Morgan fingerprint density at radius 3 is 2.15 bits per heavy atom. The Morgan fingerprint density at radius 1 is 0.962 bits per heavy atom. The van der Waals surface area contributed by atoms with E-state index in [1.165, 1.54) is 17.8 Å². The zero-order valence-corrected chi connectivity index (χ0v) is 14.0. The lowest BCUT2D eigenvalue weighted by Gasteiger charge is -2.08. The summed E-state index contributed by atoms with van der Waals surface area (Å²) in [5.41, 5.74) is 2.52. The van der Waals surface area contributed by atoms with Gasteiger partial charge in [0.1, 0.15) is 5.69 Å². The van der Waals surface area contributed by atoms with Crippen LogP contribution in [0.3, 0.4) is 0 Å². The van der Waals surface area contributed by atoms with Gasteiger partial charge in [-0.05, 0) is 24.1 Å². The first-order chi connectivity index (χ1) is 12.4. The average molecular weight is 363 g/mol. The van der Waals surface area contributed by atoms with Crippen molar-refractivity contribution in [2.45, 2.75) is 25.3 Å². The van der Waals surface area contributed by atoms with Gasteiger partial charge in [0.15, 0.2) is 0 Å². The van der Waals surface area contributed by atoms with Gasteiger partial charge in [-0.15, -0.1) is 0 Å². The Hall–Kier alpha value is -2.64. The van der Waals surface area contributed by atoms with E-state index in [9.17, 15) is 17.3 Å². The summed E-state index contributed by atoms with van der Waals surface area (Å²) in [4.78, 5) is 0. The minimum atomic E-state index is -6.00. The Morgan fingerprint density at radius 2 is 1.54 bits per heavy atom. The molecule has 3 nitrogen and oxygen atoms in total. The van der Waals surface area contributed by atoms with E-state index in [2.05, 4.69) is 53.4 Å². The second-order valence-corrected chi connectivity index (χ2v) is 6.10. The third-order valence-corrected chi connectivity index (χ3v) is 4.18. The lowest BCUT2D eigenvalue weighted by Crippen LogP contribution is -2.37. The maximum Gasteiger partial charge on any atom is 0.673 e. The van der Waals surface area contributed by atoms with Gasteiger partial charge >= 0.3 is 7.25 Å². The van der Waals surface area contributed by atoms with Crippen LogP contribution in [0.2, 0.25) is 0 Å². The van der Waals surface area contributed by atoms with Crippen LogP contribution in [0.25, 0.3) is 5.69 Å². The molecule has 2 heterocycles. The highest BCUT2D eigenvalue weighted by molar-refractivity contribution is 6.50. The van der Waals surface area contributed by atoms with Crippen molar-refractivity contribution in [3.8, 4) is 5.69 Å². The second-order valence-electron chi connectivity index (χ2n) is 6.10. The molecule has 1 atom stereocenters. The number of benzene rings is 2. The van der Waals surface area contributed by atoms with Gasteiger partial charge in [-0.1, -0.05) is 53.2 Å². The second kappa shape index (κ2) is 7.72. The predicted molar refractivity (Wildman–Crippen MR) is 91.4 cm³/mol. The van der Waals surface area contributed by atoms with Gasteiger partial charge in [0.05, 0.1) is 6.04 Å². The molecule has 26 heavy (non-hydrogen) atoms. The molecule has 0 unspecified atom stereocenters. The van der Waals surface area contributed by atoms with Crippen LogP contribution in [-0.2, 0) is 12.8 Å². The molecular weight excluding hydrogens is 345 g/mol. The third-order valence-electron chi connectivity index (χ3n) is 4.18. The number of nitrogens with zero attached hydrogens (tertiary/aromatic N) is 3. The highest BCUT2D eigenvalue weighted by Crippen LogP contribution is 2.21. The quantitative estimate of drug-likeness (QED) is 0.389. The van der Waals surface area contributed by atoms with E-state index in [4.69, 9.17) is 5.10 Å². The lowest BCUT2D eigenvalue weighted by molar-refractivity contribution is -0.716. The maximum atomic E-state index is 9.75. The molecule has 0 saturated heterocycles. The van der Waals surface area contributed by atoms with Crippen molar-refractivity contribution < 1.29 is 21.8 Å². The van der Waals surface area contributed by atoms with Gasteiger partial charge in [-0.25, -0.2) is 4.57 Å². The molecule has 4 rings (SSSR count). The van der Waals surface area contributed by atoms with Gasteiger partial charge in [0, 0.05) is 17.9 Å². The van der Waals surface area contributed by atoms with E-state index in [0.29, 0.717) is 6.04 Å². The number of hydrogen-bond donors (Lipinski definition) is 0. The minimum Gasteiger partial charge on any atom is -0.418 e. The topological polar surface area (TPSA) is 21.7 Å². The number of para-hydroxylation sites is 1. The first kappa shape index (κ1) is 18.2. The molecule has 0 amide bonds. The molecule has 0 N–H and O–H groups in total. The summed E-state index contributed by atoms with van der Waals surface area (Å²) in [7, 11) is -6.00. The standard InChI is InChI=1S/C18H18N3.BF4/c1-3-7-15(8-4-1)13-17-11-12-18-19-21(14-20(17)18)16-9-5-2-6-10-16;2-1(3,4)5/h1-10,14,17H,11-13H2;/q+1;-1/t17-;/m0./s1. The van der Waals surface area contributed by atoms with Crippen LogP contribution in [0.4, 0.5) is 17.3 Å². The molecular formula is C18H18BF4N3. The third kappa shape index (κ3) is 4.94. The van der Waals surface area contributed by atoms with Crippen LogP contribution >= 0.6 is 0 Å². The van der Waals surface area contributed by atoms with Crippen molar-refractivity contribution >= 4 is 7.25 Å².